The molecule has 0 saturated carbocycles. The molecule has 1 heterocycles. The Morgan fingerprint density at radius 2 is 1.90 bits per heavy atom. The maximum Gasteiger partial charge on any atom is 0.335 e. The molecule has 6 heteroatoms. The molecular formula is C25H30N2O4. The minimum absolute atomic E-state index is 0.174. The van der Waals surface area contributed by atoms with E-state index < -0.39 is 5.97 Å². The van der Waals surface area contributed by atoms with Gasteiger partial charge in [0.25, 0.3) is 0 Å². The zero-order chi connectivity index (χ0) is 22.1. The molecule has 0 amide bonds. The third-order valence-electron chi connectivity index (χ3n) is 5.11. The van der Waals surface area contributed by atoms with Crippen LogP contribution in [0.1, 0.15) is 55.5 Å². The highest BCUT2D eigenvalue weighted by molar-refractivity contribution is 6.11. The van der Waals surface area contributed by atoms with Crippen LogP contribution < -0.4 is 4.74 Å². The summed E-state index contributed by atoms with van der Waals surface area (Å²) in [6, 6.07) is 14.7. The molecule has 3 aromatic rings. The topological polar surface area (TPSA) is 73.0 Å². The summed E-state index contributed by atoms with van der Waals surface area (Å²) in [5.74, 6) is -0.507. The van der Waals surface area contributed by atoms with Crippen molar-refractivity contribution in [2.45, 2.75) is 46.1 Å². The number of benzene rings is 2. The molecule has 2 aromatic carbocycles. The second kappa shape index (κ2) is 11.2. The number of oxime groups is 1. The number of hydrogen-bond acceptors (Lipinski definition) is 4. The van der Waals surface area contributed by atoms with Crippen LogP contribution >= 0.6 is 0 Å². The Labute approximate surface area is 183 Å². The van der Waals surface area contributed by atoms with Crippen LogP contribution in [-0.4, -0.2) is 34.6 Å². The summed E-state index contributed by atoms with van der Waals surface area (Å²) in [7, 11) is 0. The molecule has 0 atom stereocenters. The average Bonchev–Trinajstić information content (AvgIpc) is 3.15. The van der Waals surface area contributed by atoms with E-state index in [0.717, 1.165) is 29.4 Å². The van der Waals surface area contributed by atoms with E-state index in [9.17, 15) is 9.90 Å². The maximum atomic E-state index is 11.2. The first kappa shape index (κ1) is 22.4. The summed E-state index contributed by atoms with van der Waals surface area (Å²) >= 11 is 0. The molecular weight excluding hydrogens is 392 g/mol. The zero-order valence-corrected chi connectivity index (χ0v) is 18.2. The van der Waals surface area contributed by atoms with E-state index in [1.807, 2.05) is 19.1 Å². The first-order valence-electron chi connectivity index (χ1n) is 10.9. The fraction of sp³-hybridized carbons (Fsp3) is 0.360. The van der Waals surface area contributed by atoms with E-state index in [1.54, 1.807) is 12.1 Å². The van der Waals surface area contributed by atoms with Crippen LogP contribution in [0.15, 0.2) is 59.9 Å². The van der Waals surface area contributed by atoms with E-state index in [0.29, 0.717) is 18.1 Å². The maximum absolute atomic E-state index is 11.2. The van der Waals surface area contributed by atoms with Crippen molar-refractivity contribution < 1.29 is 19.5 Å². The van der Waals surface area contributed by atoms with Crippen LogP contribution in [0.25, 0.3) is 10.9 Å². The highest BCUT2D eigenvalue weighted by Crippen LogP contribution is 2.24. The zero-order valence-electron chi connectivity index (χ0n) is 18.2. The molecule has 0 fully saturated rings. The van der Waals surface area contributed by atoms with E-state index in [2.05, 4.69) is 35.0 Å². The number of hydrogen-bond donors (Lipinski definition) is 1. The number of nitrogens with zero attached hydrogens (tertiary/aromatic N) is 2. The van der Waals surface area contributed by atoms with Crippen molar-refractivity contribution in [1.82, 2.24) is 4.57 Å². The number of carbonyl (C=O) groups is 1. The summed E-state index contributed by atoms with van der Waals surface area (Å²) in [5, 5.41) is 14.6. The fourth-order valence-corrected chi connectivity index (χ4v) is 3.54. The van der Waals surface area contributed by atoms with Gasteiger partial charge in [0.1, 0.15) is 24.7 Å². The Morgan fingerprint density at radius 3 is 2.68 bits per heavy atom. The number of fused-ring (bicyclic) bond motifs is 1. The smallest absolute Gasteiger partial charge is 0.335 e. The van der Waals surface area contributed by atoms with Gasteiger partial charge in [0.15, 0.2) is 0 Å². The molecule has 3 rings (SSSR count). The van der Waals surface area contributed by atoms with Gasteiger partial charge in [-0.05, 0) is 37.6 Å². The summed E-state index contributed by atoms with van der Waals surface area (Å²) in [4.78, 5) is 16.6. The summed E-state index contributed by atoms with van der Waals surface area (Å²) < 4.78 is 8.17. The number of carboxylic acids is 1. The lowest BCUT2D eigenvalue weighted by Crippen LogP contribution is -2.14. The fourth-order valence-electron chi connectivity index (χ4n) is 3.54. The molecule has 31 heavy (non-hydrogen) atoms. The van der Waals surface area contributed by atoms with Gasteiger partial charge in [0.2, 0.25) is 0 Å². The summed E-state index contributed by atoms with van der Waals surface area (Å²) in [6.07, 6.45) is 6.91. The molecule has 1 aromatic heterocycles. The van der Waals surface area contributed by atoms with Crippen molar-refractivity contribution in [1.29, 1.82) is 0 Å². The second-order valence-corrected chi connectivity index (χ2v) is 7.39. The van der Waals surface area contributed by atoms with E-state index in [1.165, 1.54) is 31.4 Å². The number of ether oxygens (including phenoxy) is 1. The van der Waals surface area contributed by atoms with Crippen molar-refractivity contribution in [3.63, 3.8) is 0 Å². The van der Waals surface area contributed by atoms with Gasteiger partial charge in [0, 0.05) is 29.2 Å². The minimum Gasteiger partial charge on any atom is -0.487 e. The van der Waals surface area contributed by atoms with Gasteiger partial charge in [0.05, 0.1) is 5.56 Å². The Kier molecular flexibility index (Phi) is 8.10. The molecule has 0 spiro atoms. The quantitative estimate of drug-likeness (QED) is 0.229. The first-order chi connectivity index (χ1) is 15.1. The van der Waals surface area contributed by atoms with Crippen molar-refractivity contribution in [2.75, 3.05) is 13.2 Å². The minimum atomic E-state index is -0.986. The number of unbranched alkanes of at least 4 members (excludes halogenated alkanes) is 3. The number of carboxylic acid groups (broad SMARTS) is 1. The molecule has 1 N–H and O–H groups in total. The lowest BCUT2D eigenvalue weighted by atomic mass is 10.1. The van der Waals surface area contributed by atoms with Crippen LogP contribution in [0.5, 0.6) is 5.75 Å². The lowest BCUT2D eigenvalue weighted by molar-refractivity contribution is 0.0696. The monoisotopic (exact) mass is 422 g/mol. The number of aromatic nitrogens is 1. The molecule has 0 unspecified atom stereocenters. The molecule has 0 bridgehead atoms. The lowest BCUT2D eigenvalue weighted by Gasteiger charge is -2.09. The molecule has 0 aliphatic heterocycles. The molecule has 6 nitrogen and oxygen atoms in total. The Balaban J connectivity index is 1.86. The van der Waals surface area contributed by atoms with Crippen LogP contribution in [0.2, 0.25) is 0 Å². The number of para-hydroxylation sites is 1. The van der Waals surface area contributed by atoms with Crippen LogP contribution in [-0.2, 0) is 11.4 Å². The molecule has 0 aliphatic carbocycles. The molecule has 0 aliphatic rings. The molecule has 164 valence electrons. The Hall–Kier alpha value is -3.28. The van der Waals surface area contributed by atoms with E-state index >= 15 is 0 Å². The Morgan fingerprint density at radius 1 is 1.06 bits per heavy atom. The van der Waals surface area contributed by atoms with Gasteiger partial charge in [-0.2, -0.15) is 0 Å². The van der Waals surface area contributed by atoms with Gasteiger partial charge < -0.3 is 19.2 Å². The SMILES string of the molecule is CCCCCCn1cc(/C(COc2cccc(C(=O)O)c2)=N/OCC)c2ccccc21. The second-order valence-electron chi connectivity index (χ2n) is 7.39. The molecule has 0 radical (unpaired) electrons. The number of aromatic carboxylic acids is 1. The standard InChI is InChI=1S/C25H30N2O4/c1-3-5-6-9-15-27-17-22(21-13-7-8-14-24(21)27)23(26-31-4-2)18-30-20-12-10-11-19(16-20)25(28)29/h7-8,10-14,16-17H,3-6,9,15,18H2,1-2H3,(H,28,29)/b26-23+. The average molecular weight is 423 g/mol. The predicted octanol–water partition coefficient (Wildman–Crippen LogP) is 5.74. The third-order valence-corrected chi connectivity index (χ3v) is 5.11. The van der Waals surface area contributed by atoms with Crippen LogP contribution in [0, 0.1) is 0 Å². The number of rotatable bonds is 12. The van der Waals surface area contributed by atoms with Gasteiger partial charge in [-0.25, -0.2) is 4.79 Å². The van der Waals surface area contributed by atoms with E-state index in [4.69, 9.17) is 9.57 Å². The number of aryl methyl sites for hydroxylation is 1. The van der Waals surface area contributed by atoms with Crippen molar-refractivity contribution in [3.05, 3.63) is 65.9 Å². The summed E-state index contributed by atoms with van der Waals surface area (Å²) in [6.45, 7) is 5.67. The van der Waals surface area contributed by atoms with Gasteiger partial charge in [-0.15, -0.1) is 0 Å². The normalized spacial score (nSPS) is 11.6. The highest BCUT2D eigenvalue weighted by atomic mass is 16.6. The first-order valence-corrected chi connectivity index (χ1v) is 10.9. The van der Waals surface area contributed by atoms with Crippen molar-refractivity contribution in [3.8, 4) is 5.75 Å². The highest BCUT2D eigenvalue weighted by Gasteiger charge is 2.15. The molecule has 0 saturated heterocycles. The third kappa shape index (κ3) is 5.87. The predicted molar refractivity (Wildman–Crippen MR) is 123 cm³/mol. The van der Waals surface area contributed by atoms with Crippen LogP contribution in [0.4, 0.5) is 0 Å². The largest absolute Gasteiger partial charge is 0.487 e. The van der Waals surface area contributed by atoms with Gasteiger partial charge >= 0.3 is 5.97 Å². The summed E-state index contributed by atoms with van der Waals surface area (Å²) in [5.41, 5.74) is 2.98. The Bertz CT molecular complexity index is 1040. The van der Waals surface area contributed by atoms with Gasteiger partial charge in [-0.1, -0.05) is 55.6 Å². The van der Waals surface area contributed by atoms with Crippen LogP contribution in [0.3, 0.4) is 0 Å². The van der Waals surface area contributed by atoms with Gasteiger partial charge in [-0.3, -0.25) is 0 Å². The van der Waals surface area contributed by atoms with E-state index in [-0.39, 0.29) is 12.2 Å². The van der Waals surface area contributed by atoms with Crippen molar-refractivity contribution >= 4 is 22.6 Å². The van der Waals surface area contributed by atoms with Crippen molar-refractivity contribution in [2.24, 2.45) is 5.16 Å².